The van der Waals surface area contributed by atoms with E-state index in [-0.39, 0.29) is 11.3 Å². The summed E-state index contributed by atoms with van der Waals surface area (Å²) in [6.07, 6.45) is 0. The summed E-state index contributed by atoms with van der Waals surface area (Å²) in [6.45, 7) is 6.30. The summed E-state index contributed by atoms with van der Waals surface area (Å²) in [5, 5.41) is 5.44. The average molecular weight is 339 g/mol. The quantitative estimate of drug-likeness (QED) is 0.878. The van der Waals surface area contributed by atoms with Crippen molar-refractivity contribution in [2.24, 2.45) is 0 Å². The third kappa shape index (κ3) is 3.64. The summed E-state index contributed by atoms with van der Waals surface area (Å²) in [5.74, 6) is -0.142. The molecule has 1 amide bonds. The van der Waals surface area contributed by atoms with E-state index in [4.69, 9.17) is 0 Å². The monoisotopic (exact) mass is 338 g/mol. The lowest BCUT2D eigenvalue weighted by atomic mass is 9.93. The number of benzene rings is 1. The van der Waals surface area contributed by atoms with Crippen molar-refractivity contribution < 1.29 is 4.79 Å². The number of amides is 1. The van der Waals surface area contributed by atoms with E-state index in [9.17, 15) is 4.79 Å². The molecule has 0 fully saturated rings. The molecule has 0 bridgehead atoms. The second-order valence-electron chi connectivity index (χ2n) is 5.25. The number of aromatic nitrogens is 1. The maximum absolute atomic E-state index is 12.1. The van der Waals surface area contributed by atoms with Crippen molar-refractivity contribution in [2.75, 3.05) is 5.32 Å². The van der Waals surface area contributed by atoms with E-state index in [1.165, 1.54) is 11.3 Å². The molecule has 0 radical (unpaired) electrons. The van der Waals surface area contributed by atoms with Crippen molar-refractivity contribution in [3.8, 4) is 0 Å². The highest BCUT2D eigenvalue weighted by Gasteiger charge is 2.18. The van der Waals surface area contributed by atoms with Gasteiger partial charge in [0.15, 0.2) is 5.13 Å². The highest BCUT2D eigenvalue weighted by Crippen LogP contribution is 2.26. The Labute approximate surface area is 125 Å². The maximum Gasteiger partial charge on any atom is 0.257 e. The van der Waals surface area contributed by atoms with Crippen molar-refractivity contribution >= 4 is 38.3 Å². The van der Waals surface area contributed by atoms with Crippen LogP contribution in [0.25, 0.3) is 0 Å². The highest BCUT2D eigenvalue weighted by atomic mass is 79.9. The molecule has 1 heterocycles. The molecule has 2 rings (SSSR count). The summed E-state index contributed by atoms with van der Waals surface area (Å²) >= 11 is 4.80. The number of carbonyl (C=O) groups excluding carboxylic acids is 1. The van der Waals surface area contributed by atoms with Gasteiger partial charge < -0.3 is 0 Å². The Morgan fingerprint density at radius 1 is 1.37 bits per heavy atom. The van der Waals surface area contributed by atoms with Crippen LogP contribution in [0.15, 0.2) is 34.1 Å². The van der Waals surface area contributed by atoms with Crippen molar-refractivity contribution in [3.05, 3.63) is 45.4 Å². The van der Waals surface area contributed by atoms with E-state index >= 15 is 0 Å². The molecule has 0 aliphatic carbocycles. The van der Waals surface area contributed by atoms with E-state index in [1.807, 2.05) is 17.5 Å². The number of thiazole rings is 1. The summed E-state index contributed by atoms with van der Waals surface area (Å²) in [4.78, 5) is 16.5. The smallest absolute Gasteiger partial charge is 0.257 e. The molecule has 1 aromatic heterocycles. The van der Waals surface area contributed by atoms with E-state index in [0.717, 1.165) is 10.2 Å². The number of anilines is 1. The Morgan fingerprint density at radius 3 is 2.68 bits per heavy atom. The van der Waals surface area contributed by atoms with Gasteiger partial charge in [0.1, 0.15) is 0 Å². The average Bonchev–Trinajstić information content (AvgIpc) is 2.77. The van der Waals surface area contributed by atoms with Crippen LogP contribution in [0.1, 0.15) is 36.8 Å². The van der Waals surface area contributed by atoms with Crippen LogP contribution in [-0.4, -0.2) is 10.9 Å². The first-order valence-electron chi connectivity index (χ1n) is 5.89. The number of halogens is 1. The minimum atomic E-state index is -0.142. The molecular formula is C14H15BrN2OS. The van der Waals surface area contributed by atoms with Gasteiger partial charge in [-0.3, -0.25) is 10.1 Å². The van der Waals surface area contributed by atoms with Gasteiger partial charge in [-0.25, -0.2) is 4.98 Å². The van der Waals surface area contributed by atoms with Crippen LogP contribution in [0.3, 0.4) is 0 Å². The molecule has 1 aromatic carbocycles. The van der Waals surface area contributed by atoms with E-state index < -0.39 is 0 Å². The first kappa shape index (κ1) is 14.2. The van der Waals surface area contributed by atoms with Crippen LogP contribution < -0.4 is 5.32 Å². The van der Waals surface area contributed by atoms with Crippen molar-refractivity contribution in [1.82, 2.24) is 4.98 Å². The summed E-state index contributed by atoms with van der Waals surface area (Å²) in [5.41, 5.74) is 1.60. The van der Waals surface area contributed by atoms with Gasteiger partial charge in [-0.1, -0.05) is 42.8 Å². The number of hydrogen-bond donors (Lipinski definition) is 1. The van der Waals surface area contributed by atoms with Crippen molar-refractivity contribution in [3.63, 3.8) is 0 Å². The lowest BCUT2D eigenvalue weighted by Gasteiger charge is -2.14. The minimum absolute atomic E-state index is 0.00471. The largest absolute Gasteiger partial charge is 0.298 e. The summed E-state index contributed by atoms with van der Waals surface area (Å²) in [7, 11) is 0. The Bertz CT molecular complexity index is 601. The zero-order valence-electron chi connectivity index (χ0n) is 11.0. The van der Waals surface area contributed by atoms with Crippen molar-refractivity contribution in [1.29, 1.82) is 0 Å². The molecular weight excluding hydrogens is 324 g/mol. The van der Waals surface area contributed by atoms with Gasteiger partial charge in [0.25, 0.3) is 5.91 Å². The lowest BCUT2D eigenvalue weighted by Crippen LogP contribution is -2.14. The molecule has 0 aliphatic heterocycles. The van der Waals surface area contributed by atoms with Crippen molar-refractivity contribution in [2.45, 2.75) is 26.2 Å². The van der Waals surface area contributed by atoms with Gasteiger partial charge in [0, 0.05) is 20.8 Å². The molecule has 0 saturated heterocycles. The molecule has 2 aromatic rings. The standard InChI is InChI=1S/C14H15BrN2OS/c1-14(2,3)11-8-19-13(16-11)17-12(18)9-5-4-6-10(15)7-9/h4-8H,1-3H3,(H,16,17,18). The molecule has 19 heavy (non-hydrogen) atoms. The number of nitrogens with zero attached hydrogens (tertiary/aromatic N) is 1. The van der Waals surface area contributed by atoms with Crippen LogP contribution in [0.4, 0.5) is 5.13 Å². The summed E-state index contributed by atoms with van der Waals surface area (Å²) in [6, 6.07) is 7.28. The number of rotatable bonds is 2. The minimum Gasteiger partial charge on any atom is -0.298 e. The topological polar surface area (TPSA) is 42.0 Å². The van der Waals surface area contributed by atoms with Crippen LogP contribution >= 0.6 is 27.3 Å². The zero-order valence-corrected chi connectivity index (χ0v) is 13.4. The molecule has 0 aliphatic rings. The second kappa shape index (κ2) is 5.43. The predicted octanol–water partition coefficient (Wildman–Crippen LogP) is 4.46. The maximum atomic E-state index is 12.1. The van der Waals surface area contributed by atoms with E-state index in [2.05, 4.69) is 47.0 Å². The number of nitrogens with one attached hydrogen (secondary N) is 1. The molecule has 5 heteroatoms. The first-order chi connectivity index (χ1) is 8.86. The van der Waals surface area contributed by atoms with Gasteiger partial charge >= 0.3 is 0 Å². The Morgan fingerprint density at radius 2 is 2.11 bits per heavy atom. The van der Waals surface area contributed by atoms with Gasteiger partial charge in [-0.15, -0.1) is 11.3 Å². The van der Waals surface area contributed by atoms with Crippen LogP contribution in [-0.2, 0) is 5.41 Å². The fraction of sp³-hybridized carbons (Fsp3) is 0.286. The zero-order chi connectivity index (χ0) is 14.0. The Hall–Kier alpha value is -1.20. The van der Waals surface area contributed by atoms with Gasteiger partial charge in [0.05, 0.1) is 5.69 Å². The number of hydrogen-bond acceptors (Lipinski definition) is 3. The molecule has 1 N–H and O–H groups in total. The fourth-order valence-corrected chi connectivity index (χ4v) is 2.81. The van der Waals surface area contributed by atoms with Gasteiger partial charge in [-0.05, 0) is 18.2 Å². The molecule has 100 valence electrons. The normalized spacial score (nSPS) is 11.4. The van der Waals surface area contributed by atoms with Gasteiger partial charge in [-0.2, -0.15) is 0 Å². The highest BCUT2D eigenvalue weighted by molar-refractivity contribution is 9.10. The van der Waals surface area contributed by atoms with Crippen LogP contribution in [0.2, 0.25) is 0 Å². The SMILES string of the molecule is CC(C)(C)c1csc(NC(=O)c2cccc(Br)c2)n1. The van der Waals surface area contributed by atoms with Crippen LogP contribution in [0.5, 0.6) is 0 Å². The molecule has 0 saturated carbocycles. The second-order valence-corrected chi connectivity index (χ2v) is 7.03. The fourth-order valence-electron chi connectivity index (χ4n) is 1.47. The molecule has 3 nitrogen and oxygen atoms in total. The summed E-state index contributed by atoms with van der Waals surface area (Å²) < 4.78 is 0.884. The lowest BCUT2D eigenvalue weighted by molar-refractivity contribution is 0.102. The van der Waals surface area contributed by atoms with E-state index in [1.54, 1.807) is 12.1 Å². The first-order valence-corrected chi connectivity index (χ1v) is 7.56. The third-order valence-corrected chi connectivity index (χ3v) is 3.83. The molecule has 0 spiro atoms. The molecule has 0 atom stereocenters. The Kier molecular flexibility index (Phi) is 4.06. The molecule has 0 unspecified atom stereocenters. The van der Waals surface area contributed by atoms with Crippen LogP contribution in [0, 0.1) is 0 Å². The predicted molar refractivity (Wildman–Crippen MR) is 82.9 cm³/mol. The van der Waals surface area contributed by atoms with E-state index in [0.29, 0.717) is 10.7 Å². The Balaban J connectivity index is 2.13. The van der Waals surface area contributed by atoms with Gasteiger partial charge in [0.2, 0.25) is 0 Å². The number of carbonyl (C=O) groups is 1. The third-order valence-electron chi connectivity index (χ3n) is 2.58.